The summed E-state index contributed by atoms with van der Waals surface area (Å²) in [5.41, 5.74) is 2.39. The summed E-state index contributed by atoms with van der Waals surface area (Å²) in [7, 11) is 0. The van der Waals surface area contributed by atoms with Crippen molar-refractivity contribution in [2.24, 2.45) is 0 Å². The van der Waals surface area contributed by atoms with E-state index in [-0.39, 0.29) is 0 Å². The summed E-state index contributed by atoms with van der Waals surface area (Å²) >= 11 is 11.0. The highest BCUT2D eigenvalue weighted by Gasteiger charge is 2.00. The quantitative estimate of drug-likeness (QED) is 0.832. The minimum atomic E-state index is 0.814. The third kappa shape index (κ3) is 3.00. The maximum absolute atomic E-state index is 5.87. The number of aryl methyl sites for hydroxylation is 1. The Balaban J connectivity index is 2.04. The number of thiophene rings is 1. The SMILES string of the molecule is Cc1cc(Br)ccc1NCc1cc(Cl)cs1. The molecule has 1 heterocycles. The first-order chi connectivity index (χ1) is 7.65. The van der Waals surface area contributed by atoms with Crippen LogP contribution in [0.2, 0.25) is 5.02 Å². The molecule has 0 aliphatic carbocycles. The fourth-order valence-corrected chi connectivity index (χ4v) is 2.94. The molecule has 0 unspecified atom stereocenters. The van der Waals surface area contributed by atoms with E-state index in [4.69, 9.17) is 11.6 Å². The molecule has 1 N–H and O–H groups in total. The summed E-state index contributed by atoms with van der Waals surface area (Å²) in [6.07, 6.45) is 0. The normalized spacial score (nSPS) is 10.4. The lowest BCUT2D eigenvalue weighted by Crippen LogP contribution is -1.98. The van der Waals surface area contributed by atoms with E-state index in [1.807, 2.05) is 17.5 Å². The predicted molar refractivity (Wildman–Crippen MR) is 75.5 cm³/mol. The standard InChI is InChI=1S/C12H11BrClNS/c1-8-4-9(13)2-3-12(8)15-6-11-5-10(14)7-16-11/h2-5,7,15H,6H2,1H3. The van der Waals surface area contributed by atoms with Crippen LogP contribution in [0, 0.1) is 6.92 Å². The molecule has 1 nitrogen and oxygen atoms in total. The van der Waals surface area contributed by atoms with Gasteiger partial charge in [0.25, 0.3) is 0 Å². The Hall–Kier alpha value is -0.510. The maximum atomic E-state index is 5.87. The van der Waals surface area contributed by atoms with Gasteiger partial charge < -0.3 is 5.32 Å². The summed E-state index contributed by atoms with van der Waals surface area (Å²) < 4.78 is 1.11. The van der Waals surface area contributed by atoms with Crippen molar-refractivity contribution in [1.82, 2.24) is 0 Å². The Morgan fingerprint density at radius 2 is 2.19 bits per heavy atom. The van der Waals surface area contributed by atoms with Crippen LogP contribution >= 0.6 is 38.9 Å². The second-order valence-electron chi connectivity index (χ2n) is 3.54. The van der Waals surface area contributed by atoms with Crippen molar-refractivity contribution < 1.29 is 0 Å². The first kappa shape index (κ1) is 12.0. The molecule has 84 valence electrons. The second-order valence-corrected chi connectivity index (χ2v) is 5.89. The van der Waals surface area contributed by atoms with E-state index in [0.29, 0.717) is 0 Å². The van der Waals surface area contributed by atoms with Crippen LogP contribution in [0.3, 0.4) is 0 Å². The average molecular weight is 317 g/mol. The van der Waals surface area contributed by atoms with Crippen LogP contribution in [0.15, 0.2) is 34.1 Å². The molecular formula is C12H11BrClNS. The van der Waals surface area contributed by atoms with Crippen molar-refractivity contribution in [2.45, 2.75) is 13.5 Å². The van der Waals surface area contributed by atoms with Crippen LogP contribution < -0.4 is 5.32 Å². The average Bonchev–Trinajstić information content (AvgIpc) is 2.63. The first-order valence-corrected chi connectivity index (χ1v) is 6.93. The van der Waals surface area contributed by atoms with Gasteiger partial charge in [-0.05, 0) is 36.8 Å². The van der Waals surface area contributed by atoms with E-state index in [2.05, 4.69) is 40.3 Å². The van der Waals surface area contributed by atoms with Gasteiger partial charge in [-0.25, -0.2) is 0 Å². The summed E-state index contributed by atoms with van der Waals surface area (Å²) in [5.74, 6) is 0. The monoisotopic (exact) mass is 315 g/mol. The number of nitrogens with one attached hydrogen (secondary N) is 1. The lowest BCUT2D eigenvalue weighted by Gasteiger charge is -2.08. The number of halogens is 2. The predicted octanol–water partition coefficient (Wildman–Crippen LogP) is 5.08. The highest BCUT2D eigenvalue weighted by molar-refractivity contribution is 9.10. The molecule has 4 heteroatoms. The van der Waals surface area contributed by atoms with E-state index in [1.54, 1.807) is 11.3 Å². The third-order valence-corrected chi connectivity index (χ3v) is 4.04. The van der Waals surface area contributed by atoms with E-state index in [1.165, 1.54) is 10.4 Å². The molecule has 0 fully saturated rings. The largest absolute Gasteiger partial charge is 0.380 e. The topological polar surface area (TPSA) is 12.0 Å². The zero-order valence-corrected chi connectivity index (χ0v) is 11.9. The van der Waals surface area contributed by atoms with Crippen LogP contribution in [-0.4, -0.2) is 0 Å². The minimum Gasteiger partial charge on any atom is -0.380 e. The van der Waals surface area contributed by atoms with Crippen molar-refractivity contribution >= 4 is 44.6 Å². The number of rotatable bonds is 3. The molecule has 0 spiro atoms. The molecule has 0 saturated heterocycles. The Bertz CT molecular complexity index is 496. The molecular weight excluding hydrogens is 306 g/mol. The minimum absolute atomic E-state index is 0.814. The van der Waals surface area contributed by atoms with E-state index in [9.17, 15) is 0 Å². The molecule has 0 aliphatic heterocycles. The van der Waals surface area contributed by atoms with E-state index >= 15 is 0 Å². The Labute approximate surface area is 113 Å². The number of hydrogen-bond donors (Lipinski definition) is 1. The van der Waals surface area contributed by atoms with Crippen molar-refractivity contribution in [1.29, 1.82) is 0 Å². The Morgan fingerprint density at radius 1 is 1.38 bits per heavy atom. The lowest BCUT2D eigenvalue weighted by atomic mass is 10.2. The molecule has 2 rings (SSSR count). The van der Waals surface area contributed by atoms with Gasteiger partial charge in [-0.15, -0.1) is 11.3 Å². The smallest absolute Gasteiger partial charge is 0.0516 e. The molecule has 0 bridgehead atoms. The zero-order chi connectivity index (χ0) is 11.5. The molecule has 0 amide bonds. The lowest BCUT2D eigenvalue weighted by molar-refractivity contribution is 1.18. The van der Waals surface area contributed by atoms with Gasteiger partial charge >= 0.3 is 0 Å². The molecule has 0 saturated carbocycles. The number of anilines is 1. The molecule has 0 aliphatic rings. The number of benzene rings is 1. The van der Waals surface area contributed by atoms with Gasteiger partial charge in [0, 0.05) is 27.0 Å². The van der Waals surface area contributed by atoms with E-state index < -0.39 is 0 Å². The van der Waals surface area contributed by atoms with E-state index in [0.717, 1.165) is 21.7 Å². The van der Waals surface area contributed by atoms with Crippen molar-refractivity contribution in [3.63, 3.8) is 0 Å². The highest BCUT2D eigenvalue weighted by atomic mass is 79.9. The van der Waals surface area contributed by atoms with Gasteiger partial charge in [0.05, 0.1) is 5.02 Å². The first-order valence-electron chi connectivity index (χ1n) is 4.88. The van der Waals surface area contributed by atoms with Crippen molar-refractivity contribution in [3.05, 3.63) is 49.6 Å². The summed E-state index contributed by atoms with van der Waals surface area (Å²) in [4.78, 5) is 1.24. The van der Waals surface area contributed by atoms with Gasteiger partial charge in [0.15, 0.2) is 0 Å². The second kappa shape index (κ2) is 5.21. The fourth-order valence-electron chi connectivity index (χ4n) is 1.45. The van der Waals surface area contributed by atoms with Crippen LogP contribution in [0.4, 0.5) is 5.69 Å². The van der Waals surface area contributed by atoms with Gasteiger partial charge in [-0.2, -0.15) is 0 Å². The van der Waals surface area contributed by atoms with Crippen LogP contribution in [-0.2, 0) is 6.54 Å². The third-order valence-electron chi connectivity index (χ3n) is 2.26. The van der Waals surface area contributed by atoms with Crippen molar-refractivity contribution in [2.75, 3.05) is 5.32 Å². The summed E-state index contributed by atoms with van der Waals surface area (Å²) in [5, 5.41) is 6.17. The van der Waals surface area contributed by atoms with Gasteiger partial charge in [0.1, 0.15) is 0 Å². The van der Waals surface area contributed by atoms with Gasteiger partial charge in [-0.1, -0.05) is 27.5 Å². The number of hydrogen-bond acceptors (Lipinski definition) is 2. The fraction of sp³-hybridized carbons (Fsp3) is 0.167. The highest BCUT2D eigenvalue weighted by Crippen LogP contribution is 2.23. The molecule has 1 aromatic carbocycles. The molecule has 0 atom stereocenters. The van der Waals surface area contributed by atoms with Gasteiger partial charge in [-0.3, -0.25) is 0 Å². The Morgan fingerprint density at radius 3 is 2.81 bits per heavy atom. The molecule has 0 radical (unpaired) electrons. The van der Waals surface area contributed by atoms with Crippen LogP contribution in [0.1, 0.15) is 10.4 Å². The molecule has 2 aromatic rings. The summed E-state index contributed by atoms with van der Waals surface area (Å²) in [6, 6.07) is 8.21. The van der Waals surface area contributed by atoms with Crippen LogP contribution in [0.25, 0.3) is 0 Å². The van der Waals surface area contributed by atoms with Gasteiger partial charge in [0.2, 0.25) is 0 Å². The van der Waals surface area contributed by atoms with Crippen molar-refractivity contribution in [3.8, 4) is 0 Å². The Kier molecular flexibility index (Phi) is 3.90. The van der Waals surface area contributed by atoms with Crippen LogP contribution in [0.5, 0.6) is 0 Å². The summed E-state index contributed by atoms with van der Waals surface area (Å²) in [6.45, 7) is 2.91. The molecule has 1 aromatic heterocycles. The maximum Gasteiger partial charge on any atom is 0.0516 e. The molecule has 16 heavy (non-hydrogen) atoms. The zero-order valence-electron chi connectivity index (χ0n) is 8.76.